The van der Waals surface area contributed by atoms with Crippen LogP contribution in [0.1, 0.15) is 16.1 Å². The number of amides is 1. The van der Waals surface area contributed by atoms with Crippen molar-refractivity contribution in [2.24, 2.45) is 0 Å². The normalized spacial score (nSPS) is 10.8. The highest BCUT2D eigenvalue weighted by atomic mass is 16.4. The summed E-state index contributed by atoms with van der Waals surface area (Å²) < 4.78 is 5.53. The molecule has 0 saturated carbocycles. The highest BCUT2D eigenvalue weighted by Crippen LogP contribution is 2.24. The smallest absolute Gasteiger partial charge is 0.335 e. The van der Waals surface area contributed by atoms with Gasteiger partial charge in [0.1, 0.15) is 23.2 Å². The average molecular weight is 296 g/mol. The van der Waals surface area contributed by atoms with E-state index in [1.54, 1.807) is 30.3 Å². The molecule has 0 aliphatic rings. The standard InChI is InChI=1S/C16H12N2O4/c1-18-15(19)12(9-17)8-13-5-6-14(22-13)10-3-2-4-11(7-10)16(20)21/h2-8H,1H3,(H,18,19)(H,20,21). The minimum Gasteiger partial charge on any atom is -0.478 e. The molecule has 0 aliphatic carbocycles. The highest BCUT2D eigenvalue weighted by Gasteiger charge is 2.10. The molecule has 1 aromatic heterocycles. The maximum absolute atomic E-state index is 11.4. The number of carbonyl (C=O) groups excluding carboxylic acids is 1. The Balaban J connectivity index is 2.34. The quantitative estimate of drug-likeness (QED) is 0.665. The molecule has 0 spiro atoms. The number of rotatable bonds is 4. The van der Waals surface area contributed by atoms with Crippen molar-refractivity contribution < 1.29 is 19.1 Å². The molecule has 6 heteroatoms. The maximum atomic E-state index is 11.4. The summed E-state index contributed by atoms with van der Waals surface area (Å²) >= 11 is 0. The zero-order valence-electron chi connectivity index (χ0n) is 11.7. The number of carbonyl (C=O) groups is 2. The van der Waals surface area contributed by atoms with Crippen LogP contribution in [0.15, 0.2) is 46.4 Å². The van der Waals surface area contributed by atoms with Crippen LogP contribution in [-0.4, -0.2) is 24.0 Å². The van der Waals surface area contributed by atoms with Gasteiger partial charge in [0.25, 0.3) is 5.91 Å². The summed E-state index contributed by atoms with van der Waals surface area (Å²) in [6.45, 7) is 0. The molecule has 6 nitrogen and oxygen atoms in total. The number of aromatic carboxylic acids is 1. The minimum atomic E-state index is -1.03. The van der Waals surface area contributed by atoms with E-state index in [9.17, 15) is 9.59 Å². The van der Waals surface area contributed by atoms with Gasteiger partial charge in [-0.15, -0.1) is 0 Å². The molecule has 0 fully saturated rings. The molecule has 1 heterocycles. The summed E-state index contributed by atoms with van der Waals surface area (Å²) in [7, 11) is 1.43. The van der Waals surface area contributed by atoms with Crippen LogP contribution in [0.2, 0.25) is 0 Å². The van der Waals surface area contributed by atoms with E-state index in [4.69, 9.17) is 14.8 Å². The molecule has 22 heavy (non-hydrogen) atoms. The lowest BCUT2D eigenvalue weighted by molar-refractivity contribution is -0.116. The van der Waals surface area contributed by atoms with Crippen molar-refractivity contribution >= 4 is 18.0 Å². The Morgan fingerprint density at radius 2 is 2.09 bits per heavy atom. The number of nitriles is 1. The van der Waals surface area contributed by atoms with E-state index in [0.717, 1.165) is 0 Å². The van der Waals surface area contributed by atoms with Crippen LogP contribution in [0.3, 0.4) is 0 Å². The van der Waals surface area contributed by atoms with Gasteiger partial charge in [0.15, 0.2) is 0 Å². The summed E-state index contributed by atoms with van der Waals surface area (Å²) in [5, 5.41) is 20.3. The first-order valence-electron chi connectivity index (χ1n) is 6.32. The Morgan fingerprint density at radius 3 is 2.73 bits per heavy atom. The van der Waals surface area contributed by atoms with Gasteiger partial charge in [0.2, 0.25) is 0 Å². The Hall–Kier alpha value is -3.33. The zero-order chi connectivity index (χ0) is 16.1. The van der Waals surface area contributed by atoms with E-state index < -0.39 is 11.9 Å². The van der Waals surface area contributed by atoms with Crippen molar-refractivity contribution in [3.63, 3.8) is 0 Å². The third-order valence-electron chi connectivity index (χ3n) is 2.90. The Morgan fingerprint density at radius 1 is 1.32 bits per heavy atom. The van der Waals surface area contributed by atoms with E-state index in [2.05, 4.69) is 5.32 Å². The number of carboxylic acids is 1. The average Bonchev–Trinajstić information content (AvgIpc) is 3.00. The zero-order valence-corrected chi connectivity index (χ0v) is 11.7. The number of hydrogen-bond acceptors (Lipinski definition) is 4. The number of furan rings is 1. The second kappa shape index (κ2) is 6.41. The Bertz CT molecular complexity index is 796. The lowest BCUT2D eigenvalue weighted by atomic mass is 10.1. The predicted molar refractivity (Wildman–Crippen MR) is 78.8 cm³/mol. The second-order valence-electron chi connectivity index (χ2n) is 4.34. The molecule has 0 saturated heterocycles. The van der Waals surface area contributed by atoms with E-state index in [0.29, 0.717) is 17.1 Å². The summed E-state index contributed by atoms with van der Waals surface area (Å²) in [5.74, 6) is -0.757. The lowest BCUT2D eigenvalue weighted by Gasteiger charge is -1.99. The molecule has 1 amide bonds. The monoisotopic (exact) mass is 296 g/mol. The van der Waals surface area contributed by atoms with Gasteiger partial charge in [-0.3, -0.25) is 4.79 Å². The number of hydrogen-bond donors (Lipinski definition) is 2. The highest BCUT2D eigenvalue weighted by molar-refractivity contribution is 6.01. The van der Waals surface area contributed by atoms with E-state index in [-0.39, 0.29) is 11.1 Å². The van der Waals surface area contributed by atoms with Crippen LogP contribution >= 0.6 is 0 Å². The van der Waals surface area contributed by atoms with Gasteiger partial charge >= 0.3 is 5.97 Å². The minimum absolute atomic E-state index is 0.0808. The van der Waals surface area contributed by atoms with Gasteiger partial charge in [-0.05, 0) is 24.3 Å². The van der Waals surface area contributed by atoms with Gasteiger partial charge in [-0.1, -0.05) is 12.1 Å². The van der Waals surface area contributed by atoms with E-state index in [1.807, 2.05) is 0 Å². The fraction of sp³-hybridized carbons (Fsp3) is 0.0625. The van der Waals surface area contributed by atoms with Gasteiger partial charge in [-0.2, -0.15) is 5.26 Å². The van der Waals surface area contributed by atoms with Crippen LogP contribution in [0, 0.1) is 11.3 Å². The van der Waals surface area contributed by atoms with Gasteiger partial charge in [0.05, 0.1) is 5.56 Å². The van der Waals surface area contributed by atoms with Crippen LogP contribution < -0.4 is 5.32 Å². The van der Waals surface area contributed by atoms with Crippen molar-refractivity contribution in [1.82, 2.24) is 5.32 Å². The fourth-order valence-electron chi connectivity index (χ4n) is 1.82. The molecular formula is C16H12N2O4. The number of nitrogens with one attached hydrogen (secondary N) is 1. The van der Waals surface area contributed by atoms with E-state index >= 15 is 0 Å². The van der Waals surface area contributed by atoms with Gasteiger partial charge < -0.3 is 14.8 Å². The fourth-order valence-corrected chi connectivity index (χ4v) is 1.82. The first-order chi connectivity index (χ1) is 10.5. The summed E-state index contributed by atoms with van der Waals surface area (Å²) in [6, 6.07) is 11.3. The van der Waals surface area contributed by atoms with Crippen molar-refractivity contribution in [1.29, 1.82) is 5.26 Å². The van der Waals surface area contributed by atoms with E-state index in [1.165, 1.54) is 25.3 Å². The van der Waals surface area contributed by atoms with Crippen molar-refractivity contribution in [2.75, 3.05) is 7.05 Å². The van der Waals surface area contributed by atoms with Crippen LogP contribution in [0.5, 0.6) is 0 Å². The maximum Gasteiger partial charge on any atom is 0.335 e. The van der Waals surface area contributed by atoms with Gasteiger partial charge in [-0.25, -0.2) is 4.79 Å². The molecule has 2 rings (SSSR count). The third kappa shape index (κ3) is 3.22. The SMILES string of the molecule is CNC(=O)C(C#N)=Cc1ccc(-c2cccc(C(=O)O)c2)o1. The number of benzene rings is 1. The molecular weight excluding hydrogens is 284 g/mol. The molecule has 2 N–H and O–H groups in total. The molecule has 0 bridgehead atoms. The first kappa shape index (κ1) is 15.1. The topological polar surface area (TPSA) is 103 Å². The summed E-state index contributed by atoms with van der Waals surface area (Å²) in [6.07, 6.45) is 1.32. The van der Waals surface area contributed by atoms with Crippen molar-refractivity contribution in [2.45, 2.75) is 0 Å². The van der Waals surface area contributed by atoms with Crippen LogP contribution in [-0.2, 0) is 4.79 Å². The molecule has 1 aromatic carbocycles. The predicted octanol–water partition coefficient (Wildman–Crippen LogP) is 2.30. The number of carboxylic acid groups (broad SMARTS) is 1. The molecule has 0 radical (unpaired) electrons. The molecule has 0 unspecified atom stereocenters. The molecule has 0 aliphatic heterocycles. The largest absolute Gasteiger partial charge is 0.478 e. The van der Waals surface area contributed by atoms with Crippen molar-refractivity contribution in [3.05, 3.63) is 53.3 Å². The van der Waals surface area contributed by atoms with Crippen LogP contribution in [0.25, 0.3) is 17.4 Å². The number of likely N-dealkylation sites (N-methyl/N-ethyl adjacent to an activating group) is 1. The lowest BCUT2D eigenvalue weighted by Crippen LogP contribution is -2.18. The first-order valence-corrected chi connectivity index (χ1v) is 6.32. The van der Waals surface area contributed by atoms with Crippen molar-refractivity contribution in [3.8, 4) is 17.4 Å². The number of nitrogens with zero attached hydrogens (tertiary/aromatic N) is 1. The summed E-state index contributed by atoms with van der Waals surface area (Å²) in [4.78, 5) is 22.4. The van der Waals surface area contributed by atoms with Crippen LogP contribution in [0.4, 0.5) is 0 Å². The Labute approximate surface area is 126 Å². The third-order valence-corrected chi connectivity index (χ3v) is 2.90. The summed E-state index contributed by atoms with van der Waals surface area (Å²) in [5.41, 5.74) is 0.662. The van der Waals surface area contributed by atoms with Gasteiger partial charge in [0, 0.05) is 18.7 Å². The molecule has 110 valence electrons. The molecule has 0 atom stereocenters. The Kier molecular flexibility index (Phi) is 4.39. The second-order valence-corrected chi connectivity index (χ2v) is 4.34. The molecule has 2 aromatic rings.